The number of imidazole rings is 1. The molecule has 4 nitrogen and oxygen atoms in total. The van der Waals surface area contributed by atoms with Gasteiger partial charge in [0.05, 0.1) is 6.54 Å². The first-order chi connectivity index (χ1) is 9.69. The van der Waals surface area contributed by atoms with E-state index in [0.717, 1.165) is 21.0 Å². The van der Waals surface area contributed by atoms with E-state index in [1.54, 1.807) is 0 Å². The molecule has 0 radical (unpaired) electrons. The Morgan fingerprint density at radius 2 is 2.05 bits per heavy atom. The first-order valence-electron chi connectivity index (χ1n) is 6.27. The van der Waals surface area contributed by atoms with Gasteiger partial charge in [0, 0.05) is 30.7 Å². The van der Waals surface area contributed by atoms with Crippen LogP contribution in [0.25, 0.3) is 10.9 Å². The molecule has 3 aromatic rings. The standard InChI is InChI=1S/C14H14F2N4/c15-14(16)20-6-4-18-13(20)9-19-5-3-11-7-10(8-17)1-2-12(11)19/h1-7,14H,8-9,17H2. The van der Waals surface area contributed by atoms with E-state index in [2.05, 4.69) is 4.98 Å². The summed E-state index contributed by atoms with van der Waals surface area (Å²) in [5.41, 5.74) is 7.63. The van der Waals surface area contributed by atoms with Crippen LogP contribution in [-0.4, -0.2) is 14.1 Å². The van der Waals surface area contributed by atoms with Crippen molar-refractivity contribution in [3.63, 3.8) is 0 Å². The number of rotatable bonds is 4. The molecule has 20 heavy (non-hydrogen) atoms. The van der Waals surface area contributed by atoms with E-state index in [9.17, 15) is 8.78 Å². The van der Waals surface area contributed by atoms with Crippen molar-refractivity contribution in [2.75, 3.05) is 0 Å². The predicted molar refractivity (Wildman–Crippen MR) is 72.4 cm³/mol. The Bertz CT molecular complexity index is 730. The second kappa shape index (κ2) is 5.05. The highest BCUT2D eigenvalue weighted by Gasteiger charge is 2.12. The minimum Gasteiger partial charge on any atom is -0.340 e. The zero-order valence-corrected chi connectivity index (χ0v) is 10.7. The van der Waals surface area contributed by atoms with Crippen LogP contribution in [0.15, 0.2) is 42.9 Å². The molecule has 6 heteroatoms. The van der Waals surface area contributed by atoms with Gasteiger partial charge in [0.25, 0.3) is 0 Å². The van der Waals surface area contributed by atoms with Gasteiger partial charge in [0.1, 0.15) is 5.82 Å². The molecule has 0 fully saturated rings. The van der Waals surface area contributed by atoms with Crippen molar-refractivity contribution in [1.82, 2.24) is 14.1 Å². The predicted octanol–water partition coefficient (Wildman–Crippen LogP) is 2.74. The van der Waals surface area contributed by atoms with Crippen LogP contribution >= 0.6 is 0 Å². The number of hydrogen-bond donors (Lipinski definition) is 1. The molecular weight excluding hydrogens is 262 g/mol. The average molecular weight is 276 g/mol. The molecule has 3 rings (SSSR count). The molecule has 2 N–H and O–H groups in total. The number of halogens is 2. The Kier molecular flexibility index (Phi) is 3.23. The van der Waals surface area contributed by atoms with Crippen LogP contribution in [0.5, 0.6) is 0 Å². The maximum atomic E-state index is 12.8. The summed E-state index contributed by atoms with van der Waals surface area (Å²) in [6, 6.07) is 7.85. The second-order valence-electron chi connectivity index (χ2n) is 4.57. The summed E-state index contributed by atoms with van der Waals surface area (Å²) in [7, 11) is 0. The van der Waals surface area contributed by atoms with Crippen LogP contribution in [0.2, 0.25) is 0 Å². The van der Waals surface area contributed by atoms with Gasteiger partial charge in [0.2, 0.25) is 0 Å². The van der Waals surface area contributed by atoms with E-state index in [1.807, 2.05) is 35.0 Å². The van der Waals surface area contributed by atoms with E-state index in [4.69, 9.17) is 5.73 Å². The van der Waals surface area contributed by atoms with Crippen LogP contribution < -0.4 is 5.73 Å². The van der Waals surface area contributed by atoms with Gasteiger partial charge in [-0.1, -0.05) is 6.07 Å². The van der Waals surface area contributed by atoms with Crippen LogP contribution in [0.1, 0.15) is 17.9 Å². The molecule has 0 spiro atoms. The van der Waals surface area contributed by atoms with E-state index in [1.165, 1.54) is 12.4 Å². The lowest BCUT2D eigenvalue weighted by atomic mass is 10.1. The first-order valence-corrected chi connectivity index (χ1v) is 6.27. The van der Waals surface area contributed by atoms with Crippen molar-refractivity contribution >= 4 is 10.9 Å². The topological polar surface area (TPSA) is 48.8 Å². The fourth-order valence-electron chi connectivity index (χ4n) is 2.31. The lowest BCUT2D eigenvalue weighted by Crippen LogP contribution is -2.08. The van der Waals surface area contributed by atoms with Crippen molar-refractivity contribution in [3.8, 4) is 0 Å². The highest BCUT2D eigenvalue weighted by atomic mass is 19.3. The Hall–Kier alpha value is -2.21. The van der Waals surface area contributed by atoms with Crippen LogP contribution in [0, 0.1) is 0 Å². The SMILES string of the molecule is NCc1ccc2c(ccn2Cc2nccn2C(F)F)c1. The van der Waals surface area contributed by atoms with E-state index >= 15 is 0 Å². The highest BCUT2D eigenvalue weighted by molar-refractivity contribution is 5.80. The number of hydrogen-bond acceptors (Lipinski definition) is 2. The first kappa shape index (κ1) is 12.8. The molecule has 2 aromatic heterocycles. The van der Waals surface area contributed by atoms with Crippen molar-refractivity contribution in [1.29, 1.82) is 0 Å². The molecule has 0 aliphatic rings. The third kappa shape index (κ3) is 2.18. The second-order valence-corrected chi connectivity index (χ2v) is 4.57. The lowest BCUT2D eigenvalue weighted by Gasteiger charge is -2.08. The maximum absolute atomic E-state index is 12.8. The number of benzene rings is 1. The molecule has 0 atom stereocenters. The average Bonchev–Trinajstić information content (AvgIpc) is 3.06. The molecule has 0 saturated heterocycles. The summed E-state index contributed by atoms with van der Waals surface area (Å²) in [5, 5.41) is 1.04. The van der Waals surface area contributed by atoms with Crippen molar-refractivity contribution in [3.05, 3.63) is 54.2 Å². The Labute approximate surface area is 114 Å². The van der Waals surface area contributed by atoms with E-state index in [-0.39, 0.29) is 0 Å². The monoisotopic (exact) mass is 276 g/mol. The van der Waals surface area contributed by atoms with Gasteiger partial charge in [0.15, 0.2) is 0 Å². The number of nitrogens with two attached hydrogens (primary N) is 1. The quantitative estimate of drug-likeness (QED) is 0.796. The molecule has 0 bridgehead atoms. The highest BCUT2D eigenvalue weighted by Crippen LogP contribution is 2.20. The Balaban J connectivity index is 1.97. The zero-order chi connectivity index (χ0) is 14.1. The van der Waals surface area contributed by atoms with Crippen molar-refractivity contribution in [2.45, 2.75) is 19.6 Å². The largest absolute Gasteiger partial charge is 0.340 e. The molecule has 2 heterocycles. The number of aromatic nitrogens is 3. The van der Waals surface area contributed by atoms with Gasteiger partial charge in [-0.2, -0.15) is 8.78 Å². The molecule has 104 valence electrons. The normalized spacial score (nSPS) is 11.6. The third-order valence-electron chi connectivity index (χ3n) is 3.34. The van der Waals surface area contributed by atoms with Crippen molar-refractivity contribution in [2.24, 2.45) is 5.73 Å². The van der Waals surface area contributed by atoms with Gasteiger partial charge < -0.3 is 10.3 Å². The van der Waals surface area contributed by atoms with Gasteiger partial charge in [-0.25, -0.2) is 4.98 Å². The van der Waals surface area contributed by atoms with Gasteiger partial charge >= 0.3 is 6.55 Å². The van der Waals surface area contributed by atoms with Gasteiger partial charge in [-0.15, -0.1) is 0 Å². The summed E-state index contributed by atoms with van der Waals surface area (Å²) >= 11 is 0. The van der Waals surface area contributed by atoms with Crippen LogP contribution in [-0.2, 0) is 13.1 Å². The lowest BCUT2D eigenvalue weighted by molar-refractivity contribution is 0.0667. The van der Waals surface area contributed by atoms with Gasteiger partial charge in [-0.05, 0) is 29.1 Å². The Morgan fingerprint density at radius 3 is 2.80 bits per heavy atom. The van der Waals surface area contributed by atoms with E-state index < -0.39 is 6.55 Å². The molecular formula is C14H14F2N4. The zero-order valence-electron chi connectivity index (χ0n) is 10.7. The van der Waals surface area contributed by atoms with Crippen molar-refractivity contribution < 1.29 is 8.78 Å². The Morgan fingerprint density at radius 1 is 1.20 bits per heavy atom. The summed E-state index contributed by atoms with van der Waals surface area (Å²) in [4.78, 5) is 3.99. The van der Waals surface area contributed by atoms with Crippen LogP contribution in [0.4, 0.5) is 8.78 Å². The molecule has 0 saturated carbocycles. The minimum atomic E-state index is -2.57. The molecule has 0 amide bonds. The number of nitrogens with zero attached hydrogens (tertiary/aromatic N) is 3. The van der Waals surface area contributed by atoms with E-state index in [0.29, 0.717) is 18.9 Å². The summed E-state index contributed by atoms with van der Waals surface area (Å²) < 4.78 is 28.4. The molecule has 1 aromatic carbocycles. The smallest absolute Gasteiger partial charge is 0.319 e. The van der Waals surface area contributed by atoms with Crippen LogP contribution in [0.3, 0.4) is 0 Å². The van der Waals surface area contributed by atoms with Gasteiger partial charge in [-0.3, -0.25) is 4.57 Å². The summed E-state index contributed by atoms with van der Waals surface area (Å²) in [5.74, 6) is 0.334. The maximum Gasteiger partial charge on any atom is 0.319 e. The molecule has 0 aliphatic heterocycles. The third-order valence-corrected chi connectivity index (χ3v) is 3.34. The summed E-state index contributed by atoms with van der Waals surface area (Å²) in [6.07, 6.45) is 4.55. The minimum absolute atomic E-state index is 0.308. The fraction of sp³-hybridized carbons (Fsp3) is 0.214. The fourth-order valence-corrected chi connectivity index (χ4v) is 2.31. The molecule has 0 aliphatic carbocycles. The summed E-state index contributed by atoms with van der Waals surface area (Å²) in [6.45, 7) is -1.78. The number of fused-ring (bicyclic) bond motifs is 1. The molecule has 0 unspecified atom stereocenters. The number of alkyl halides is 2.